The van der Waals surface area contributed by atoms with Crippen molar-refractivity contribution in [2.24, 2.45) is 0 Å². The molecular formula is C14H22N2O4. The highest BCUT2D eigenvalue weighted by atomic mass is 16.5. The Bertz CT molecular complexity index is 415. The summed E-state index contributed by atoms with van der Waals surface area (Å²) in [6.45, 7) is 3.69. The van der Waals surface area contributed by atoms with E-state index in [9.17, 15) is 9.59 Å². The molecule has 0 N–H and O–H groups in total. The largest absolute Gasteiger partial charge is 0.466 e. The van der Waals surface area contributed by atoms with Gasteiger partial charge in [0.2, 0.25) is 0 Å². The standard InChI is InChI=1S/C14H22N2O4/c1-4-19-13(17)7-8-16(10-9-15(2)3)14(18)12-6-5-11-20-12/h5-6,11H,4,7-10H2,1-3H3. The van der Waals surface area contributed by atoms with E-state index in [0.29, 0.717) is 19.7 Å². The topological polar surface area (TPSA) is 63.0 Å². The van der Waals surface area contributed by atoms with Crippen molar-refractivity contribution < 1.29 is 18.7 Å². The van der Waals surface area contributed by atoms with Crippen molar-refractivity contribution in [1.82, 2.24) is 9.80 Å². The smallest absolute Gasteiger partial charge is 0.307 e. The summed E-state index contributed by atoms with van der Waals surface area (Å²) in [6.07, 6.45) is 1.65. The van der Waals surface area contributed by atoms with E-state index in [4.69, 9.17) is 9.15 Å². The third-order valence-corrected chi connectivity index (χ3v) is 2.73. The highest BCUT2D eigenvalue weighted by Crippen LogP contribution is 2.07. The Labute approximate surface area is 119 Å². The lowest BCUT2D eigenvalue weighted by Crippen LogP contribution is -2.38. The third kappa shape index (κ3) is 5.44. The summed E-state index contributed by atoms with van der Waals surface area (Å²) in [6, 6.07) is 3.29. The minimum atomic E-state index is -0.297. The first-order chi connectivity index (χ1) is 9.54. The highest BCUT2D eigenvalue weighted by Gasteiger charge is 2.19. The normalized spacial score (nSPS) is 10.6. The molecule has 1 amide bonds. The zero-order valence-electron chi connectivity index (χ0n) is 12.3. The van der Waals surface area contributed by atoms with E-state index in [1.165, 1.54) is 6.26 Å². The molecule has 6 nitrogen and oxygen atoms in total. The van der Waals surface area contributed by atoms with Gasteiger partial charge >= 0.3 is 5.97 Å². The second-order valence-electron chi connectivity index (χ2n) is 4.63. The molecule has 0 saturated carbocycles. The van der Waals surface area contributed by atoms with Gasteiger partial charge in [-0.3, -0.25) is 9.59 Å². The van der Waals surface area contributed by atoms with Crippen LogP contribution in [0.5, 0.6) is 0 Å². The summed E-state index contributed by atoms with van der Waals surface area (Å²) < 4.78 is 9.99. The molecule has 0 aromatic carbocycles. The number of carbonyl (C=O) groups is 2. The Hall–Kier alpha value is -1.82. The van der Waals surface area contributed by atoms with E-state index in [2.05, 4.69) is 0 Å². The molecule has 1 heterocycles. The van der Waals surface area contributed by atoms with Gasteiger partial charge in [-0.15, -0.1) is 0 Å². The molecule has 0 aliphatic rings. The summed E-state index contributed by atoms with van der Waals surface area (Å²) in [7, 11) is 3.86. The van der Waals surface area contributed by atoms with Gasteiger partial charge in [-0.2, -0.15) is 0 Å². The number of amides is 1. The van der Waals surface area contributed by atoms with Crippen LogP contribution < -0.4 is 0 Å². The average Bonchev–Trinajstić information content (AvgIpc) is 2.92. The summed E-state index contributed by atoms with van der Waals surface area (Å²) in [5, 5.41) is 0. The van der Waals surface area contributed by atoms with Crippen molar-refractivity contribution in [2.45, 2.75) is 13.3 Å². The van der Waals surface area contributed by atoms with E-state index in [1.54, 1.807) is 24.0 Å². The Kier molecular flexibility index (Phi) is 6.79. The van der Waals surface area contributed by atoms with Crippen LogP contribution in [0.4, 0.5) is 0 Å². The number of nitrogens with zero attached hydrogens (tertiary/aromatic N) is 2. The van der Waals surface area contributed by atoms with Gasteiger partial charge in [0.25, 0.3) is 5.91 Å². The Balaban J connectivity index is 2.60. The third-order valence-electron chi connectivity index (χ3n) is 2.73. The molecule has 1 rings (SSSR count). The SMILES string of the molecule is CCOC(=O)CCN(CCN(C)C)C(=O)c1ccco1. The predicted molar refractivity (Wildman–Crippen MR) is 74.4 cm³/mol. The minimum Gasteiger partial charge on any atom is -0.466 e. The summed E-state index contributed by atoms with van der Waals surface area (Å²) in [5.74, 6) is -0.219. The molecule has 0 unspecified atom stereocenters. The molecule has 0 aliphatic carbocycles. The van der Waals surface area contributed by atoms with Crippen LogP contribution in [0.2, 0.25) is 0 Å². The Morgan fingerprint density at radius 3 is 2.55 bits per heavy atom. The number of furan rings is 1. The Morgan fingerprint density at radius 2 is 2.00 bits per heavy atom. The minimum absolute atomic E-state index is 0.188. The fourth-order valence-corrected chi connectivity index (χ4v) is 1.65. The van der Waals surface area contributed by atoms with Gasteiger partial charge < -0.3 is 19.0 Å². The van der Waals surface area contributed by atoms with Gasteiger partial charge in [0.15, 0.2) is 5.76 Å². The summed E-state index contributed by atoms with van der Waals surface area (Å²) in [5.41, 5.74) is 0. The first-order valence-electron chi connectivity index (χ1n) is 6.67. The first-order valence-corrected chi connectivity index (χ1v) is 6.67. The zero-order valence-corrected chi connectivity index (χ0v) is 12.3. The lowest BCUT2D eigenvalue weighted by Gasteiger charge is -2.23. The van der Waals surface area contributed by atoms with Gasteiger partial charge in [0, 0.05) is 19.6 Å². The predicted octanol–water partition coefficient (Wildman–Crippen LogP) is 1.24. The van der Waals surface area contributed by atoms with Gasteiger partial charge in [-0.1, -0.05) is 0 Å². The maximum Gasteiger partial charge on any atom is 0.307 e. The zero-order chi connectivity index (χ0) is 15.0. The molecule has 0 atom stereocenters. The second-order valence-corrected chi connectivity index (χ2v) is 4.63. The van der Waals surface area contributed by atoms with Crippen molar-refractivity contribution in [1.29, 1.82) is 0 Å². The van der Waals surface area contributed by atoms with Crippen LogP contribution in [0.1, 0.15) is 23.9 Å². The van der Waals surface area contributed by atoms with Gasteiger partial charge in [0.05, 0.1) is 19.3 Å². The van der Waals surface area contributed by atoms with Crippen LogP contribution in [0.15, 0.2) is 22.8 Å². The van der Waals surface area contributed by atoms with Crippen molar-refractivity contribution >= 4 is 11.9 Å². The molecule has 112 valence electrons. The lowest BCUT2D eigenvalue weighted by atomic mass is 10.3. The maximum absolute atomic E-state index is 12.3. The number of rotatable bonds is 8. The molecule has 1 aromatic heterocycles. The van der Waals surface area contributed by atoms with E-state index in [1.807, 2.05) is 19.0 Å². The molecule has 20 heavy (non-hydrogen) atoms. The molecule has 0 radical (unpaired) electrons. The average molecular weight is 282 g/mol. The van der Waals surface area contributed by atoms with Gasteiger partial charge in [-0.05, 0) is 33.2 Å². The van der Waals surface area contributed by atoms with Gasteiger partial charge in [-0.25, -0.2) is 0 Å². The molecule has 0 spiro atoms. The quantitative estimate of drug-likeness (QED) is 0.671. The highest BCUT2D eigenvalue weighted by molar-refractivity contribution is 5.91. The number of likely N-dealkylation sites (N-methyl/N-ethyl adjacent to an activating group) is 1. The van der Waals surface area contributed by atoms with Crippen LogP contribution in [0, 0.1) is 0 Å². The van der Waals surface area contributed by atoms with Crippen molar-refractivity contribution in [3.05, 3.63) is 24.2 Å². The molecule has 6 heteroatoms. The van der Waals surface area contributed by atoms with Crippen LogP contribution in [-0.2, 0) is 9.53 Å². The van der Waals surface area contributed by atoms with Crippen molar-refractivity contribution in [3.8, 4) is 0 Å². The summed E-state index contributed by atoms with van der Waals surface area (Å²) in [4.78, 5) is 27.2. The van der Waals surface area contributed by atoms with Crippen molar-refractivity contribution in [3.63, 3.8) is 0 Å². The van der Waals surface area contributed by atoms with Crippen LogP contribution >= 0.6 is 0 Å². The molecule has 1 aromatic rings. The number of hydrogen-bond acceptors (Lipinski definition) is 5. The number of carbonyl (C=O) groups excluding carboxylic acids is 2. The fourth-order valence-electron chi connectivity index (χ4n) is 1.65. The van der Waals surface area contributed by atoms with E-state index in [0.717, 1.165) is 6.54 Å². The fraction of sp³-hybridized carbons (Fsp3) is 0.571. The van der Waals surface area contributed by atoms with Crippen LogP contribution in [0.25, 0.3) is 0 Å². The number of hydrogen-bond donors (Lipinski definition) is 0. The van der Waals surface area contributed by atoms with Gasteiger partial charge in [0.1, 0.15) is 0 Å². The number of ether oxygens (including phenoxy) is 1. The summed E-state index contributed by atoms with van der Waals surface area (Å²) >= 11 is 0. The molecule has 0 aliphatic heterocycles. The van der Waals surface area contributed by atoms with E-state index >= 15 is 0 Å². The Morgan fingerprint density at radius 1 is 1.25 bits per heavy atom. The molecular weight excluding hydrogens is 260 g/mol. The lowest BCUT2D eigenvalue weighted by molar-refractivity contribution is -0.143. The molecule has 0 saturated heterocycles. The van der Waals surface area contributed by atoms with Crippen molar-refractivity contribution in [2.75, 3.05) is 40.3 Å². The van der Waals surface area contributed by atoms with E-state index in [-0.39, 0.29) is 24.1 Å². The monoisotopic (exact) mass is 282 g/mol. The van der Waals surface area contributed by atoms with Crippen LogP contribution in [-0.4, -0.2) is 62.0 Å². The molecule has 0 fully saturated rings. The first kappa shape index (κ1) is 16.2. The number of esters is 1. The van der Waals surface area contributed by atoms with E-state index < -0.39 is 0 Å². The molecule has 0 bridgehead atoms. The van der Waals surface area contributed by atoms with Crippen LogP contribution in [0.3, 0.4) is 0 Å². The second kappa shape index (κ2) is 8.37. The maximum atomic E-state index is 12.3.